The van der Waals surface area contributed by atoms with Gasteiger partial charge in [-0.1, -0.05) is 12.1 Å². The molecule has 0 aliphatic carbocycles. The average molecular weight is 231 g/mol. The van der Waals surface area contributed by atoms with Gasteiger partial charge in [0, 0.05) is 30.7 Å². The fourth-order valence-electron chi connectivity index (χ4n) is 1.88. The Labute approximate surface area is 100 Å². The molecular formula is C13H17N3O. The number of rotatable bonds is 4. The van der Waals surface area contributed by atoms with E-state index in [1.807, 2.05) is 25.3 Å². The van der Waals surface area contributed by atoms with Crippen LogP contribution in [0.4, 0.5) is 0 Å². The van der Waals surface area contributed by atoms with Crippen molar-refractivity contribution in [2.24, 2.45) is 0 Å². The summed E-state index contributed by atoms with van der Waals surface area (Å²) in [4.78, 5) is 14.5. The second-order valence-electron chi connectivity index (χ2n) is 4.07. The van der Waals surface area contributed by atoms with Crippen LogP contribution >= 0.6 is 0 Å². The van der Waals surface area contributed by atoms with E-state index in [2.05, 4.69) is 27.8 Å². The molecule has 1 amide bonds. The summed E-state index contributed by atoms with van der Waals surface area (Å²) < 4.78 is 0. The van der Waals surface area contributed by atoms with Gasteiger partial charge in [0.15, 0.2) is 0 Å². The molecule has 3 N–H and O–H groups in total. The predicted molar refractivity (Wildman–Crippen MR) is 68.7 cm³/mol. The average Bonchev–Trinajstić information content (AvgIpc) is 2.83. The van der Waals surface area contributed by atoms with Crippen LogP contribution in [0.25, 0.3) is 10.9 Å². The van der Waals surface area contributed by atoms with E-state index in [4.69, 9.17) is 0 Å². The summed E-state index contributed by atoms with van der Waals surface area (Å²) >= 11 is 0. The molecule has 0 saturated carbocycles. The van der Waals surface area contributed by atoms with Crippen molar-refractivity contribution in [3.05, 3.63) is 36.0 Å². The molecule has 4 nitrogen and oxygen atoms in total. The Hall–Kier alpha value is -1.81. The molecule has 1 aromatic heterocycles. The maximum absolute atomic E-state index is 11.4. The number of fused-ring (bicyclic) bond motifs is 1. The van der Waals surface area contributed by atoms with Crippen LogP contribution in [0.15, 0.2) is 30.5 Å². The Morgan fingerprint density at radius 2 is 2.24 bits per heavy atom. The number of carbonyl (C=O) groups is 1. The summed E-state index contributed by atoms with van der Waals surface area (Å²) in [5.41, 5.74) is 2.32. The van der Waals surface area contributed by atoms with Crippen molar-refractivity contribution in [3.8, 4) is 0 Å². The monoisotopic (exact) mass is 231 g/mol. The van der Waals surface area contributed by atoms with Crippen molar-refractivity contribution in [3.63, 3.8) is 0 Å². The normalized spacial score (nSPS) is 12.6. The van der Waals surface area contributed by atoms with E-state index >= 15 is 0 Å². The van der Waals surface area contributed by atoms with Crippen LogP contribution in [0.1, 0.15) is 12.5 Å². The molecule has 1 aromatic carbocycles. The third-order valence-corrected chi connectivity index (χ3v) is 2.92. The first-order chi connectivity index (χ1) is 8.22. The van der Waals surface area contributed by atoms with Gasteiger partial charge in [-0.2, -0.15) is 0 Å². The summed E-state index contributed by atoms with van der Waals surface area (Å²) in [5, 5.41) is 7.03. The quantitative estimate of drug-likeness (QED) is 0.745. The second-order valence-corrected chi connectivity index (χ2v) is 4.07. The number of likely N-dealkylation sites (N-methyl/N-ethyl adjacent to an activating group) is 1. The Morgan fingerprint density at radius 3 is 3.00 bits per heavy atom. The fraction of sp³-hybridized carbons (Fsp3) is 0.308. The maximum Gasteiger partial charge on any atom is 0.236 e. The lowest BCUT2D eigenvalue weighted by atomic mass is 10.1. The van der Waals surface area contributed by atoms with Crippen molar-refractivity contribution in [1.29, 1.82) is 0 Å². The summed E-state index contributed by atoms with van der Waals surface area (Å²) in [7, 11) is 1.65. The first kappa shape index (κ1) is 11.7. The van der Waals surface area contributed by atoms with E-state index in [-0.39, 0.29) is 11.9 Å². The number of hydrogen-bond donors (Lipinski definition) is 3. The maximum atomic E-state index is 11.4. The minimum Gasteiger partial charge on any atom is -0.361 e. The summed E-state index contributed by atoms with van der Waals surface area (Å²) in [6.45, 7) is 2.54. The number of benzene rings is 1. The highest BCUT2D eigenvalue weighted by Gasteiger charge is 2.10. The molecule has 2 aromatic rings. The smallest absolute Gasteiger partial charge is 0.236 e. The van der Waals surface area contributed by atoms with Crippen LogP contribution in [0.5, 0.6) is 0 Å². The highest BCUT2D eigenvalue weighted by Crippen LogP contribution is 2.17. The number of hydrogen-bond acceptors (Lipinski definition) is 2. The number of aromatic amines is 1. The van der Waals surface area contributed by atoms with Gasteiger partial charge in [0.25, 0.3) is 0 Å². The minimum absolute atomic E-state index is 0.00578. The van der Waals surface area contributed by atoms with Gasteiger partial charge in [0.1, 0.15) is 0 Å². The van der Waals surface area contributed by atoms with Crippen LogP contribution < -0.4 is 10.6 Å². The topological polar surface area (TPSA) is 56.9 Å². The fourth-order valence-corrected chi connectivity index (χ4v) is 1.88. The molecule has 90 valence electrons. The van der Waals surface area contributed by atoms with E-state index in [9.17, 15) is 4.79 Å². The number of aromatic nitrogens is 1. The zero-order valence-electron chi connectivity index (χ0n) is 10.1. The largest absolute Gasteiger partial charge is 0.361 e. The van der Waals surface area contributed by atoms with Gasteiger partial charge in [0.05, 0.1) is 6.04 Å². The number of nitrogens with one attached hydrogen (secondary N) is 3. The van der Waals surface area contributed by atoms with Crippen LogP contribution in [0.3, 0.4) is 0 Å². The molecule has 1 unspecified atom stereocenters. The highest BCUT2D eigenvalue weighted by molar-refractivity contribution is 5.83. The van der Waals surface area contributed by atoms with Crippen LogP contribution in [0.2, 0.25) is 0 Å². The molecule has 0 saturated heterocycles. The van der Waals surface area contributed by atoms with Gasteiger partial charge in [0.2, 0.25) is 5.91 Å². The molecule has 0 aliphatic heterocycles. The van der Waals surface area contributed by atoms with E-state index in [1.54, 1.807) is 7.05 Å². The van der Waals surface area contributed by atoms with Crippen molar-refractivity contribution < 1.29 is 4.79 Å². The van der Waals surface area contributed by atoms with E-state index in [0.29, 0.717) is 6.54 Å². The van der Waals surface area contributed by atoms with Gasteiger partial charge in [-0.3, -0.25) is 4.79 Å². The molecule has 1 heterocycles. The van der Waals surface area contributed by atoms with Crippen LogP contribution in [-0.2, 0) is 11.3 Å². The van der Waals surface area contributed by atoms with Crippen molar-refractivity contribution in [1.82, 2.24) is 15.6 Å². The molecule has 0 spiro atoms. The first-order valence-electron chi connectivity index (χ1n) is 5.72. The molecule has 0 aliphatic rings. The molecule has 1 atom stereocenters. The SMILES string of the molecule is CNC(=O)C(C)NCc1cccc2[nH]ccc12. The molecule has 2 rings (SSSR count). The zero-order chi connectivity index (χ0) is 12.3. The number of H-pyrrole nitrogens is 1. The van der Waals surface area contributed by atoms with Gasteiger partial charge in [-0.15, -0.1) is 0 Å². The van der Waals surface area contributed by atoms with Crippen molar-refractivity contribution >= 4 is 16.8 Å². The Balaban J connectivity index is 2.09. The second kappa shape index (κ2) is 5.01. The van der Waals surface area contributed by atoms with Crippen molar-refractivity contribution in [2.75, 3.05) is 7.05 Å². The zero-order valence-corrected chi connectivity index (χ0v) is 10.1. The van der Waals surface area contributed by atoms with Crippen molar-refractivity contribution in [2.45, 2.75) is 19.5 Å². The van der Waals surface area contributed by atoms with Crippen LogP contribution in [-0.4, -0.2) is 24.0 Å². The summed E-state index contributed by atoms with van der Waals surface area (Å²) in [6.07, 6.45) is 1.93. The van der Waals surface area contributed by atoms with Gasteiger partial charge >= 0.3 is 0 Å². The molecule has 0 bridgehead atoms. The Morgan fingerprint density at radius 1 is 1.41 bits per heavy atom. The Bertz CT molecular complexity index is 518. The molecule has 0 radical (unpaired) electrons. The van der Waals surface area contributed by atoms with Gasteiger partial charge in [-0.25, -0.2) is 0 Å². The first-order valence-corrected chi connectivity index (χ1v) is 5.72. The lowest BCUT2D eigenvalue weighted by molar-refractivity contribution is -0.122. The molecule has 4 heteroatoms. The minimum atomic E-state index is -0.186. The number of carbonyl (C=O) groups excluding carboxylic acids is 1. The van der Waals surface area contributed by atoms with Gasteiger partial charge in [-0.05, 0) is 24.6 Å². The third kappa shape index (κ3) is 2.47. The lowest BCUT2D eigenvalue weighted by Crippen LogP contribution is -2.40. The summed E-state index contributed by atoms with van der Waals surface area (Å²) in [5.74, 6) is 0.00578. The molecular weight excluding hydrogens is 214 g/mol. The third-order valence-electron chi connectivity index (χ3n) is 2.92. The number of amides is 1. The van der Waals surface area contributed by atoms with Gasteiger partial charge < -0.3 is 15.6 Å². The van der Waals surface area contributed by atoms with Crippen LogP contribution in [0, 0.1) is 0 Å². The lowest BCUT2D eigenvalue weighted by Gasteiger charge is -2.12. The van der Waals surface area contributed by atoms with E-state index < -0.39 is 0 Å². The molecule has 0 fully saturated rings. The highest BCUT2D eigenvalue weighted by atomic mass is 16.2. The molecule has 17 heavy (non-hydrogen) atoms. The summed E-state index contributed by atoms with van der Waals surface area (Å²) in [6, 6.07) is 7.99. The van der Waals surface area contributed by atoms with E-state index in [0.717, 1.165) is 5.52 Å². The predicted octanol–water partition coefficient (Wildman–Crippen LogP) is 1.39. The van der Waals surface area contributed by atoms with E-state index in [1.165, 1.54) is 10.9 Å². The Kier molecular flexibility index (Phi) is 3.44. The standard InChI is InChI=1S/C13H17N3O/c1-9(13(17)14-2)16-8-10-4-3-5-12-11(10)6-7-15-12/h3-7,9,15-16H,8H2,1-2H3,(H,14,17).